The number of aromatic nitrogens is 1. The smallest absolute Gasteiger partial charge is 0.407 e. The minimum Gasteiger partial charge on any atom is -0.477 e. The van der Waals surface area contributed by atoms with Crippen LogP contribution in [0, 0.1) is 0 Å². The minimum atomic E-state index is -1.27. The summed E-state index contributed by atoms with van der Waals surface area (Å²) in [5.74, 6) is -1.27. The fraction of sp³-hybridized carbons (Fsp3) is 0.462. The summed E-state index contributed by atoms with van der Waals surface area (Å²) in [6, 6.07) is 2.71. The lowest BCUT2D eigenvalue weighted by molar-refractivity contribution is 0.0524. The SMILES string of the molecule is CC(C)(C)OC(=O)NCCn1cccc(C(=O)O)c1=O. The maximum Gasteiger partial charge on any atom is 0.407 e. The fourth-order valence-corrected chi connectivity index (χ4v) is 1.47. The topological polar surface area (TPSA) is 97.6 Å². The van der Waals surface area contributed by atoms with E-state index in [4.69, 9.17) is 9.84 Å². The number of nitrogens with zero attached hydrogens (tertiary/aromatic N) is 1. The minimum absolute atomic E-state index is 0.165. The number of carboxylic acid groups (broad SMARTS) is 1. The van der Waals surface area contributed by atoms with E-state index in [1.807, 2.05) is 0 Å². The van der Waals surface area contributed by atoms with Crippen molar-refractivity contribution in [3.63, 3.8) is 0 Å². The van der Waals surface area contributed by atoms with Gasteiger partial charge in [-0.2, -0.15) is 0 Å². The van der Waals surface area contributed by atoms with Gasteiger partial charge >= 0.3 is 12.1 Å². The van der Waals surface area contributed by atoms with Crippen LogP contribution in [0.4, 0.5) is 4.79 Å². The highest BCUT2D eigenvalue weighted by Crippen LogP contribution is 2.06. The summed E-state index contributed by atoms with van der Waals surface area (Å²) in [6.07, 6.45) is 0.880. The molecule has 2 N–H and O–H groups in total. The molecule has 0 bridgehead atoms. The van der Waals surface area contributed by atoms with Gasteiger partial charge in [-0.05, 0) is 32.9 Å². The number of carbonyl (C=O) groups excluding carboxylic acids is 1. The van der Waals surface area contributed by atoms with E-state index in [2.05, 4.69) is 5.32 Å². The molecule has 0 saturated carbocycles. The number of aromatic carboxylic acids is 1. The first kappa shape index (κ1) is 15.7. The van der Waals surface area contributed by atoms with Crippen LogP contribution < -0.4 is 10.9 Å². The van der Waals surface area contributed by atoms with Gasteiger partial charge < -0.3 is 19.7 Å². The van der Waals surface area contributed by atoms with Crippen molar-refractivity contribution in [1.82, 2.24) is 9.88 Å². The molecular weight excluding hydrogens is 264 g/mol. The second kappa shape index (κ2) is 6.23. The molecule has 0 radical (unpaired) electrons. The summed E-state index contributed by atoms with van der Waals surface area (Å²) in [4.78, 5) is 34.0. The second-order valence-electron chi connectivity index (χ2n) is 5.15. The second-order valence-corrected chi connectivity index (χ2v) is 5.15. The highest BCUT2D eigenvalue weighted by atomic mass is 16.6. The van der Waals surface area contributed by atoms with Crippen molar-refractivity contribution in [2.24, 2.45) is 0 Å². The number of ether oxygens (including phenoxy) is 1. The summed E-state index contributed by atoms with van der Waals surface area (Å²) in [6.45, 7) is 5.56. The molecule has 1 aromatic rings. The van der Waals surface area contributed by atoms with Crippen molar-refractivity contribution in [3.05, 3.63) is 34.2 Å². The van der Waals surface area contributed by atoms with Crippen molar-refractivity contribution < 1.29 is 19.4 Å². The number of alkyl carbamates (subject to hydrolysis) is 1. The molecule has 0 saturated heterocycles. The third kappa shape index (κ3) is 4.75. The summed E-state index contributed by atoms with van der Waals surface area (Å²) in [7, 11) is 0. The molecule has 0 aliphatic carbocycles. The van der Waals surface area contributed by atoms with Gasteiger partial charge in [-0.25, -0.2) is 9.59 Å². The van der Waals surface area contributed by atoms with Crippen LogP contribution in [0.15, 0.2) is 23.1 Å². The Kier molecular flexibility index (Phi) is 4.90. The highest BCUT2D eigenvalue weighted by Gasteiger charge is 2.15. The number of carboxylic acids is 1. The normalized spacial score (nSPS) is 10.9. The first-order valence-corrected chi connectivity index (χ1v) is 6.10. The number of carbonyl (C=O) groups is 2. The lowest BCUT2D eigenvalue weighted by Crippen LogP contribution is -2.36. The van der Waals surface area contributed by atoms with Crippen LogP contribution in [0.1, 0.15) is 31.1 Å². The third-order valence-corrected chi connectivity index (χ3v) is 2.27. The van der Waals surface area contributed by atoms with Gasteiger partial charge in [-0.15, -0.1) is 0 Å². The van der Waals surface area contributed by atoms with Gasteiger partial charge in [0.25, 0.3) is 5.56 Å². The predicted molar refractivity (Wildman–Crippen MR) is 71.9 cm³/mol. The quantitative estimate of drug-likeness (QED) is 0.861. The summed E-state index contributed by atoms with van der Waals surface area (Å²) in [5.41, 5.74) is -1.50. The number of pyridine rings is 1. The Morgan fingerprint density at radius 2 is 2.05 bits per heavy atom. The Hall–Kier alpha value is -2.31. The molecular formula is C13H18N2O5. The molecule has 20 heavy (non-hydrogen) atoms. The van der Waals surface area contributed by atoms with Gasteiger partial charge in [-0.1, -0.05) is 0 Å². The van der Waals surface area contributed by atoms with Crippen LogP contribution in [-0.4, -0.2) is 33.9 Å². The maximum absolute atomic E-state index is 11.8. The Bertz CT molecular complexity index is 557. The average molecular weight is 282 g/mol. The molecule has 0 aromatic carbocycles. The van der Waals surface area contributed by atoms with Crippen LogP contribution in [0.3, 0.4) is 0 Å². The van der Waals surface area contributed by atoms with Crippen molar-refractivity contribution in [3.8, 4) is 0 Å². The van der Waals surface area contributed by atoms with E-state index in [0.717, 1.165) is 0 Å². The van der Waals surface area contributed by atoms with Crippen molar-refractivity contribution in [2.45, 2.75) is 32.9 Å². The first-order chi connectivity index (χ1) is 9.20. The highest BCUT2D eigenvalue weighted by molar-refractivity contribution is 5.86. The molecule has 1 heterocycles. The Labute approximate surface area is 116 Å². The number of hydrogen-bond acceptors (Lipinski definition) is 4. The molecule has 0 aliphatic rings. The molecule has 7 heteroatoms. The van der Waals surface area contributed by atoms with E-state index in [9.17, 15) is 14.4 Å². The van der Waals surface area contributed by atoms with E-state index in [0.29, 0.717) is 0 Å². The van der Waals surface area contributed by atoms with Gasteiger partial charge in [-0.3, -0.25) is 4.79 Å². The molecule has 1 aromatic heterocycles. The molecule has 0 spiro atoms. The largest absolute Gasteiger partial charge is 0.477 e. The van der Waals surface area contributed by atoms with Crippen LogP contribution >= 0.6 is 0 Å². The fourth-order valence-electron chi connectivity index (χ4n) is 1.47. The van der Waals surface area contributed by atoms with Gasteiger partial charge in [0.15, 0.2) is 0 Å². The van der Waals surface area contributed by atoms with Crippen LogP contribution in [0.25, 0.3) is 0 Å². The van der Waals surface area contributed by atoms with Gasteiger partial charge in [0, 0.05) is 19.3 Å². The van der Waals surface area contributed by atoms with E-state index >= 15 is 0 Å². The van der Waals surface area contributed by atoms with E-state index in [1.165, 1.54) is 22.9 Å². The van der Waals surface area contributed by atoms with Gasteiger partial charge in [0.1, 0.15) is 11.2 Å². The number of rotatable bonds is 4. The zero-order chi connectivity index (χ0) is 15.3. The van der Waals surface area contributed by atoms with Gasteiger partial charge in [0.05, 0.1) is 0 Å². The lowest BCUT2D eigenvalue weighted by atomic mass is 10.2. The Balaban J connectivity index is 2.59. The molecule has 0 aliphatic heterocycles. The standard InChI is InChI=1S/C13H18N2O5/c1-13(2,3)20-12(19)14-6-8-15-7-4-5-9(10(15)16)11(17)18/h4-5,7H,6,8H2,1-3H3,(H,14,19)(H,17,18). The van der Waals surface area contributed by atoms with Crippen LogP contribution in [-0.2, 0) is 11.3 Å². The predicted octanol–water partition coefficient (Wildman–Crippen LogP) is 1.07. The molecule has 0 unspecified atom stereocenters. The monoisotopic (exact) mass is 282 g/mol. The van der Waals surface area contributed by atoms with E-state index in [1.54, 1.807) is 20.8 Å². The van der Waals surface area contributed by atoms with E-state index in [-0.39, 0.29) is 18.7 Å². The Morgan fingerprint density at radius 1 is 1.40 bits per heavy atom. The van der Waals surface area contributed by atoms with E-state index < -0.39 is 23.2 Å². The molecule has 110 valence electrons. The molecule has 1 amide bonds. The first-order valence-electron chi connectivity index (χ1n) is 6.10. The molecule has 0 atom stereocenters. The number of amides is 1. The van der Waals surface area contributed by atoms with Crippen molar-refractivity contribution in [1.29, 1.82) is 0 Å². The Morgan fingerprint density at radius 3 is 2.60 bits per heavy atom. The third-order valence-electron chi connectivity index (χ3n) is 2.27. The van der Waals surface area contributed by atoms with Crippen LogP contribution in [0.5, 0.6) is 0 Å². The zero-order valence-electron chi connectivity index (χ0n) is 11.7. The molecule has 7 nitrogen and oxygen atoms in total. The van der Waals surface area contributed by atoms with Crippen LogP contribution in [0.2, 0.25) is 0 Å². The average Bonchev–Trinajstić information content (AvgIpc) is 2.28. The number of hydrogen-bond donors (Lipinski definition) is 2. The maximum atomic E-state index is 11.8. The number of nitrogens with one attached hydrogen (secondary N) is 1. The summed E-state index contributed by atoms with van der Waals surface area (Å²) < 4.78 is 6.26. The summed E-state index contributed by atoms with van der Waals surface area (Å²) in [5, 5.41) is 11.3. The summed E-state index contributed by atoms with van der Waals surface area (Å²) >= 11 is 0. The molecule has 0 fully saturated rings. The van der Waals surface area contributed by atoms with Crippen molar-refractivity contribution >= 4 is 12.1 Å². The van der Waals surface area contributed by atoms with Crippen molar-refractivity contribution in [2.75, 3.05) is 6.54 Å². The van der Waals surface area contributed by atoms with Gasteiger partial charge in [0.2, 0.25) is 0 Å². The lowest BCUT2D eigenvalue weighted by Gasteiger charge is -2.19. The zero-order valence-corrected chi connectivity index (χ0v) is 11.7. The molecule has 1 rings (SSSR count).